The van der Waals surface area contributed by atoms with Gasteiger partial charge in [-0.05, 0) is 18.6 Å². The smallest absolute Gasteiger partial charge is 0.311 e. The molecule has 7 heteroatoms. The van der Waals surface area contributed by atoms with Crippen LogP contribution in [-0.4, -0.2) is 24.2 Å². The molecule has 0 spiro atoms. The molecule has 1 aromatic carbocycles. The Hall–Kier alpha value is -1.63. The predicted molar refractivity (Wildman–Crippen MR) is 57.1 cm³/mol. The van der Waals surface area contributed by atoms with Crippen LogP contribution >= 0.6 is 0 Å². The lowest BCUT2D eigenvalue weighted by molar-refractivity contribution is -0.386. The second-order valence-electron chi connectivity index (χ2n) is 3.23. The summed E-state index contributed by atoms with van der Waals surface area (Å²) in [4.78, 5) is 9.55. The Balaban J connectivity index is 3.28. The minimum atomic E-state index is -3.50. The van der Waals surface area contributed by atoms with Crippen LogP contribution in [0.15, 0.2) is 23.1 Å². The predicted octanol–water partition coefficient (Wildman–Crippen LogP) is 1.48. The van der Waals surface area contributed by atoms with E-state index in [4.69, 9.17) is 5.11 Å². The van der Waals surface area contributed by atoms with Gasteiger partial charge in [0.2, 0.25) is 0 Å². The molecule has 6 nitrogen and oxygen atoms in total. The van der Waals surface area contributed by atoms with Gasteiger partial charge in [0, 0.05) is 6.07 Å². The average Bonchev–Trinajstić information content (AvgIpc) is 2.17. The van der Waals surface area contributed by atoms with Gasteiger partial charge >= 0.3 is 5.69 Å². The molecule has 1 aromatic rings. The number of benzene rings is 1. The minimum Gasteiger partial charge on any atom is -0.502 e. The maximum atomic E-state index is 11.6. The van der Waals surface area contributed by atoms with E-state index in [1.807, 2.05) is 0 Å². The van der Waals surface area contributed by atoms with E-state index in [9.17, 15) is 18.5 Å². The van der Waals surface area contributed by atoms with E-state index in [-0.39, 0.29) is 10.6 Å². The third-order valence-corrected chi connectivity index (χ3v) is 3.89. The first-order valence-corrected chi connectivity index (χ1v) is 6.24. The van der Waals surface area contributed by atoms with Gasteiger partial charge in [0.1, 0.15) is 0 Å². The molecule has 0 aliphatic rings. The van der Waals surface area contributed by atoms with Crippen LogP contribution in [0, 0.1) is 10.1 Å². The van der Waals surface area contributed by atoms with Crippen molar-refractivity contribution in [1.29, 1.82) is 0 Å². The van der Waals surface area contributed by atoms with Crippen molar-refractivity contribution in [3.05, 3.63) is 28.3 Å². The molecule has 88 valence electrons. The molecular weight excluding hydrogens is 234 g/mol. The van der Waals surface area contributed by atoms with Crippen molar-refractivity contribution in [2.75, 3.05) is 5.75 Å². The Bertz CT molecular complexity index is 509. The summed E-state index contributed by atoms with van der Waals surface area (Å²) in [5, 5.41) is 19.7. The van der Waals surface area contributed by atoms with E-state index < -0.39 is 26.2 Å². The number of nitrogens with zero attached hydrogens (tertiary/aromatic N) is 1. The zero-order valence-electron chi connectivity index (χ0n) is 8.58. The van der Waals surface area contributed by atoms with Crippen molar-refractivity contribution in [1.82, 2.24) is 0 Å². The topological polar surface area (TPSA) is 97.5 Å². The van der Waals surface area contributed by atoms with E-state index >= 15 is 0 Å². The van der Waals surface area contributed by atoms with Gasteiger partial charge in [-0.25, -0.2) is 8.42 Å². The van der Waals surface area contributed by atoms with Crippen molar-refractivity contribution in [3.8, 4) is 5.75 Å². The molecule has 0 heterocycles. The van der Waals surface area contributed by atoms with Gasteiger partial charge in [-0.3, -0.25) is 10.1 Å². The summed E-state index contributed by atoms with van der Waals surface area (Å²) < 4.78 is 23.2. The third-order valence-electron chi connectivity index (χ3n) is 1.98. The van der Waals surface area contributed by atoms with Crippen LogP contribution < -0.4 is 0 Å². The second kappa shape index (κ2) is 4.48. The average molecular weight is 245 g/mol. The number of phenolic OH excluding ortho intramolecular Hbond substituents is 1. The fraction of sp³-hybridized carbons (Fsp3) is 0.333. The van der Waals surface area contributed by atoms with Crippen LogP contribution in [-0.2, 0) is 9.84 Å². The number of hydrogen-bond acceptors (Lipinski definition) is 5. The lowest BCUT2D eigenvalue weighted by Gasteiger charge is -2.03. The molecule has 0 aliphatic carbocycles. The molecule has 0 atom stereocenters. The Morgan fingerprint density at radius 1 is 1.44 bits per heavy atom. The standard InChI is InChI=1S/C9H11NO5S/c1-2-5-16(14,15)7-3-4-9(11)8(6-7)10(12)13/h3-4,6,11H,2,5H2,1H3. The van der Waals surface area contributed by atoms with E-state index in [1.165, 1.54) is 0 Å². The largest absolute Gasteiger partial charge is 0.502 e. The van der Waals surface area contributed by atoms with Gasteiger partial charge in [0.05, 0.1) is 15.6 Å². The van der Waals surface area contributed by atoms with Crippen LogP contribution in [0.4, 0.5) is 5.69 Å². The van der Waals surface area contributed by atoms with Crippen molar-refractivity contribution in [2.24, 2.45) is 0 Å². The fourth-order valence-corrected chi connectivity index (χ4v) is 2.57. The molecular formula is C9H11NO5S. The highest BCUT2D eigenvalue weighted by Crippen LogP contribution is 2.28. The van der Waals surface area contributed by atoms with Gasteiger partial charge < -0.3 is 5.11 Å². The molecule has 0 amide bonds. The first-order valence-electron chi connectivity index (χ1n) is 4.58. The van der Waals surface area contributed by atoms with E-state index in [0.29, 0.717) is 6.42 Å². The molecule has 16 heavy (non-hydrogen) atoms. The molecule has 1 N–H and O–H groups in total. The number of aromatic hydroxyl groups is 1. The van der Waals surface area contributed by atoms with Crippen LogP contribution in [0.5, 0.6) is 5.75 Å². The summed E-state index contributed by atoms with van der Waals surface area (Å²) in [7, 11) is -3.50. The van der Waals surface area contributed by atoms with Crippen LogP contribution in [0.2, 0.25) is 0 Å². The molecule has 0 fully saturated rings. The maximum Gasteiger partial charge on any atom is 0.311 e. The van der Waals surface area contributed by atoms with Gasteiger partial charge in [-0.1, -0.05) is 6.92 Å². The van der Waals surface area contributed by atoms with E-state index in [2.05, 4.69) is 0 Å². The molecule has 0 aromatic heterocycles. The normalized spacial score (nSPS) is 11.3. The van der Waals surface area contributed by atoms with Crippen molar-refractivity contribution >= 4 is 15.5 Å². The number of nitro groups is 1. The maximum absolute atomic E-state index is 11.6. The first-order chi connectivity index (χ1) is 7.38. The van der Waals surface area contributed by atoms with Crippen LogP contribution in [0.3, 0.4) is 0 Å². The van der Waals surface area contributed by atoms with Gasteiger partial charge in [0.15, 0.2) is 15.6 Å². The van der Waals surface area contributed by atoms with Crippen molar-refractivity contribution in [2.45, 2.75) is 18.2 Å². The van der Waals surface area contributed by atoms with Crippen LogP contribution in [0.25, 0.3) is 0 Å². The molecule has 1 rings (SSSR count). The highest BCUT2D eigenvalue weighted by atomic mass is 32.2. The van der Waals surface area contributed by atoms with E-state index in [0.717, 1.165) is 18.2 Å². The Labute approximate surface area is 92.6 Å². The summed E-state index contributed by atoms with van der Waals surface area (Å²) in [6, 6.07) is 3.05. The SMILES string of the molecule is CCCS(=O)(=O)c1ccc(O)c([N+](=O)[O-])c1. The third kappa shape index (κ3) is 2.48. The number of hydrogen-bond donors (Lipinski definition) is 1. The minimum absolute atomic E-state index is 0.0745. The number of phenols is 1. The highest BCUT2D eigenvalue weighted by Gasteiger charge is 2.20. The summed E-state index contributed by atoms with van der Waals surface area (Å²) in [5.74, 6) is -0.616. The Kier molecular flexibility index (Phi) is 3.48. The quantitative estimate of drug-likeness (QED) is 0.640. The number of sulfone groups is 1. The molecule has 0 saturated carbocycles. The van der Waals surface area contributed by atoms with Gasteiger partial charge in [0.25, 0.3) is 0 Å². The Morgan fingerprint density at radius 2 is 2.06 bits per heavy atom. The molecule has 0 aliphatic heterocycles. The zero-order chi connectivity index (χ0) is 12.3. The van der Waals surface area contributed by atoms with Crippen molar-refractivity contribution in [3.63, 3.8) is 0 Å². The molecule has 0 unspecified atom stereocenters. The van der Waals surface area contributed by atoms with Gasteiger partial charge in [-0.15, -0.1) is 0 Å². The summed E-state index contributed by atoms with van der Waals surface area (Å²) in [6.45, 7) is 1.70. The van der Waals surface area contributed by atoms with Gasteiger partial charge in [-0.2, -0.15) is 0 Å². The second-order valence-corrected chi connectivity index (χ2v) is 5.34. The van der Waals surface area contributed by atoms with E-state index in [1.54, 1.807) is 6.92 Å². The highest BCUT2D eigenvalue weighted by molar-refractivity contribution is 7.91. The molecule has 0 saturated heterocycles. The fourth-order valence-electron chi connectivity index (χ4n) is 1.23. The first kappa shape index (κ1) is 12.4. The lowest BCUT2D eigenvalue weighted by Crippen LogP contribution is -2.06. The monoisotopic (exact) mass is 245 g/mol. The zero-order valence-corrected chi connectivity index (χ0v) is 9.40. The molecule has 0 radical (unpaired) electrons. The van der Waals surface area contributed by atoms with Crippen molar-refractivity contribution < 1.29 is 18.4 Å². The lowest BCUT2D eigenvalue weighted by atomic mass is 10.3. The summed E-state index contributed by atoms with van der Waals surface area (Å²) in [5.41, 5.74) is -0.600. The summed E-state index contributed by atoms with van der Waals surface area (Å²) in [6.07, 6.45) is 0.428. The van der Waals surface area contributed by atoms with Crippen LogP contribution in [0.1, 0.15) is 13.3 Å². The number of rotatable bonds is 4. The molecule has 0 bridgehead atoms. The Morgan fingerprint density at radius 3 is 2.56 bits per heavy atom. The number of nitro benzene ring substituents is 1. The summed E-state index contributed by atoms with van der Waals surface area (Å²) >= 11 is 0.